The first kappa shape index (κ1) is 21.5. The van der Waals surface area contributed by atoms with E-state index in [9.17, 15) is 4.79 Å². The third kappa shape index (κ3) is 4.71. The van der Waals surface area contributed by atoms with Crippen LogP contribution in [0.25, 0.3) is 16.7 Å². The lowest BCUT2D eigenvalue weighted by molar-refractivity contribution is -0.120. The van der Waals surface area contributed by atoms with Crippen molar-refractivity contribution in [2.75, 3.05) is 20.3 Å². The van der Waals surface area contributed by atoms with Gasteiger partial charge >= 0.3 is 0 Å². The van der Waals surface area contributed by atoms with Gasteiger partial charge in [0, 0.05) is 29.5 Å². The minimum atomic E-state index is -0.349. The summed E-state index contributed by atoms with van der Waals surface area (Å²) in [5.41, 5.74) is 2.33. The van der Waals surface area contributed by atoms with Crippen molar-refractivity contribution < 1.29 is 9.53 Å². The molecule has 3 N–H and O–H groups in total. The average Bonchev–Trinajstić information content (AvgIpc) is 3.08. The predicted molar refractivity (Wildman–Crippen MR) is 116 cm³/mol. The molecule has 0 aliphatic heterocycles. The number of thioether (sulfide) groups is 1. The van der Waals surface area contributed by atoms with Crippen LogP contribution in [0, 0.1) is 12.3 Å². The molecule has 0 saturated heterocycles. The van der Waals surface area contributed by atoms with Crippen molar-refractivity contribution in [1.29, 1.82) is 5.41 Å². The van der Waals surface area contributed by atoms with Crippen LogP contribution in [0.4, 0.5) is 0 Å². The number of hydrogen-bond donors (Lipinski definition) is 3. The Balaban J connectivity index is 2.06. The fourth-order valence-electron chi connectivity index (χ4n) is 2.88. The maximum Gasteiger partial charge on any atom is 0.233 e. The zero-order valence-electron chi connectivity index (χ0n) is 16.5. The first-order valence-corrected chi connectivity index (χ1v) is 10.8. The van der Waals surface area contributed by atoms with Crippen LogP contribution in [-0.4, -0.2) is 51.2 Å². The Morgan fingerprint density at radius 2 is 2.14 bits per heavy atom. The van der Waals surface area contributed by atoms with Gasteiger partial charge in [0.05, 0.1) is 17.2 Å². The first-order chi connectivity index (χ1) is 14.0. The molecule has 0 aliphatic rings. The number of carbonyl (C=O) groups is 1. The number of benzene rings is 1. The Bertz CT molecular complexity index is 1060. The number of amides is 1. The van der Waals surface area contributed by atoms with E-state index in [1.807, 2.05) is 38.1 Å². The van der Waals surface area contributed by atoms with E-state index in [2.05, 4.69) is 36.4 Å². The van der Waals surface area contributed by atoms with Gasteiger partial charge in [-0.25, -0.2) is 4.98 Å². The Morgan fingerprint density at radius 3 is 2.79 bits per heavy atom. The fraction of sp³-hybridized carbons (Fsp3) is 0.368. The molecule has 0 unspecified atom stereocenters. The number of aryl methyl sites for hydroxylation is 1. The van der Waals surface area contributed by atoms with E-state index in [0.29, 0.717) is 35.8 Å². The lowest BCUT2D eigenvalue weighted by atomic mass is 10.3. The van der Waals surface area contributed by atoms with Gasteiger partial charge in [-0.1, -0.05) is 34.6 Å². The Labute approximate surface area is 181 Å². The molecule has 0 bridgehead atoms. The SMILES string of the molecule is CC[C@@H](Sc1nc2n[nH]c(C)c2c(=N)n1-c1ccc(Br)cc1)C(=O)NCCOC. The number of hydrogen-bond acceptors (Lipinski definition) is 6. The summed E-state index contributed by atoms with van der Waals surface area (Å²) in [7, 11) is 1.60. The summed E-state index contributed by atoms with van der Waals surface area (Å²) in [4.78, 5) is 17.3. The van der Waals surface area contributed by atoms with Gasteiger partial charge in [0.25, 0.3) is 0 Å². The number of methoxy groups -OCH3 is 1. The zero-order chi connectivity index (χ0) is 21.0. The molecule has 0 aliphatic carbocycles. The molecule has 0 fully saturated rings. The Kier molecular flexibility index (Phi) is 7.09. The van der Waals surface area contributed by atoms with Crippen molar-refractivity contribution in [3.63, 3.8) is 0 Å². The number of carbonyl (C=O) groups excluding carboxylic acids is 1. The van der Waals surface area contributed by atoms with Crippen molar-refractivity contribution in [1.82, 2.24) is 25.1 Å². The van der Waals surface area contributed by atoms with Gasteiger partial charge in [0.1, 0.15) is 5.49 Å². The van der Waals surface area contributed by atoms with E-state index < -0.39 is 0 Å². The summed E-state index contributed by atoms with van der Waals surface area (Å²) >= 11 is 4.78. The van der Waals surface area contributed by atoms with Crippen molar-refractivity contribution in [2.24, 2.45) is 0 Å². The molecule has 0 spiro atoms. The lowest BCUT2D eigenvalue weighted by Gasteiger charge is -2.18. The van der Waals surface area contributed by atoms with Crippen LogP contribution >= 0.6 is 27.7 Å². The summed E-state index contributed by atoms with van der Waals surface area (Å²) in [6.07, 6.45) is 0.621. The van der Waals surface area contributed by atoms with Gasteiger partial charge in [-0.05, 0) is 37.6 Å². The first-order valence-electron chi connectivity index (χ1n) is 9.17. The second-order valence-corrected chi connectivity index (χ2v) is 8.49. The molecule has 1 amide bonds. The van der Waals surface area contributed by atoms with Crippen LogP contribution in [-0.2, 0) is 9.53 Å². The van der Waals surface area contributed by atoms with Crippen molar-refractivity contribution >= 4 is 44.6 Å². The minimum Gasteiger partial charge on any atom is -0.383 e. The van der Waals surface area contributed by atoms with E-state index in [0.717, 1.165) is 15.9 Å². The highest BCUT2D eigenvalue weighted by molar-refractivity contribution is 9.10. The summed E-state index contributed by atoms with van der Waals surface area (Å²) in [5.74, 6) is -0.0801. The fourth-order valence-corrected chi connectivity index (χ4v) is 4.19. The molecule has 29 heavy (non-hydrogen) atoms. The summed E-state index contributed by atoms with van der Waals surface area (Å²) in [6.45, 7) is 4.73. The van der Waals surface area contributed by atoms with Crippen LogP contribution in [0.2, 0.25) is 0 Å². The van der Waals surface area contributed by atoms with Gasteiger partial charge < -0.3 is 10.1 Å². The number of rotatable bonds is 8. The number of H-pyrrole nitrogens is 1. The highest BCUT2D eigenvalue weighted by atomic mass is 79.9. The third-order valence-electron chi connectivity index (χ3n) is 4.38. The second-order valence-electron chi connectivity index (χ2n) is 6.40. The van der Waals surface area contributed by atoms with E-state index in [1.165, 1.54) is 11.8 Å². The summed E-state index contributed by atoms with van der Waals surface area (Å²) < 4.78 is 7.70. The normalized spacial score (nSPS) is 12.3. The lowest BCUT2D eigenvalue weighted by Crippen LogP contribution is -2.35. The molecule has 3 aromatic rings. The number of fused-ring (bicyclic) bond motifs is 1. The van der Waals surface area contributed by atoms with Gasteiger partial charge in [0.15, 0.2) is 10.8 Å². The molecule has 8 nitrogen and oxygen atoms in total. The Morgan fingerprint density at radius 1 is 1.41 bits per heavy atom. The second kappa shape index (κ2) is 9.55. The number of aromatic nitrogens is 4. The molecule has 1 atom stereocenters. The number of nitrogens with one attached hydrogen (secondary N) is 3. The largest absolute Gasteiger partial charge is 0.383 e. The summed E-state index contributed by atoms with van der Waals surface area (Å²) in [5, 5.41) is 19.7. The number of halogens is 1. The molecule has 154 valence electrons. The van der Waals surface area contributed by atoms with Crippen LogP contribution < -0.4 is 10.8 Å². The van der Waals surface area contributed by atoms with Crippen LogP contribution in [0.3, 0.4) is 0 Å². The maximum absolute atomic E-state index is 12.6. The van der Waals surface area contributed by atoms with Crippen LogP contribution in [0.15, 0.2) is 33.9 Å². The Hall–Kier alpha value is -2.17. The third-order valence-corrected chi connectivity index (χ3v) is 6.23. The highest BCUT2D eigenvalue weighted by Gasteiger charge is 2.22. The van der Waals surface area contributed by atoms with E-state index in [1.54, 1.807) is 11.7 Å². The van der Waals surface area contributed by atoms with E-state index in [-0.39, 0.29) is 16.6 Å². The van der Waals surface area contributed by atoms with Crippen LogP contribution in [0.5, 0.6) is 0 Å². The zero-order valence-corrected chi connectivity index (χ0v) is 18.9. The molecule has 1 aromatic carbocycles. The highest BCUT2D eigenvalue weighted by Crippen LogP contribution is 2.27. The number of nitrogens with zero attached hydrogens (tertiary/aromatic N) is 3. The van der Waals surface area contributed by atoms with Gasteiger partial charge in [-0.15, -0.1) is 0 Å². The van der Waals surface area contributed by atoms with E-state index >= 15 is 0 Å². The molecule has 2 aromatic heterocycles. The minimum absolute atomic E-state index is 0.0801. The molecule has 3 rings (SSSR count). The van der Waals surface area contributed by atoms with Crippen molar-refractivity contribution in [3.8, 4) is 5.69 Å². The monoisotopic (exact) mass is 478 g/mol. The molecule has 2 heterocycles. The molecular formula is C19H23BrN6O2S. The molecule has 0 radical (unpaired) electrons. The molecular weight excluding hydrogens is 456 g/mol. The smallest absolute Gasteiger partial charge is 0.233 e. The van der Waals surface area contributed by atoms with Gasteiger partial charge in [-0.3, -0.25) is 19.9 Å². The van der Waals surface area contributed by atoms with Crippen molar-refractivity contribution in [2.45, 2.75) is 30.7 Å². The topological polar surface area (TPSA) is 109 Å². The molecule has 10 heteroatoms. The predicted octanol–water partition coefficient (Wildman–Crippen LogP) is 2.93. The van der Waals surface area contributed by atoms with Gasteiger partial charge in [-0.2, -0.15) is 5.10 Å². The molecule has 0 saturated carbocycles. The number of aromatic amines is 1. The quantitative estimate of drug-likeness (QED) is 0.262. The van der Waals surface area contributed by atoms with E-state index in [4.69, 9.17) is 10.1 Å². The van der Waals surface area contributed by atoms with Crippen LogP contribution in [0.1, 0.15) is 19.0 Å². The average molecular weight is 479 g/mol. The van der Waals surface area contributed by atoms with Gasteiger partial charge in [0.2, 0.25) is 5.91 Å². The number of ether oxygens (including phenoxy) is 1. The summed E-state index contributed by atoms with van der Waals surface area (Å²) in [6, 6.07) is 7.65. The maximum atomic E-state index is 12.6. The van der Waals surface area contributed by atoms with Crippen molar-refractivity contribution in [3.05, 3.63) is 39.9 Å². The standard InChI is InChI=1S/C19H23BrN6O2S/c1-4-14(18(27)22-9-10-28-3)29-19-23-17-15(11(2)24-25-17)16(21)26(19)13-7-5-12(20)6-8-13/h5-8,14,21H,4,9-10H2,1-3H3,(H,22,27)(H,24,25)/t14-/m1/s1.